The summed E-state index contributed by atoms with van der Waals surface area (Å²) in [7, 11) is 0. The van der Waals surface area contributed by atoms with Crippen LogP contribution in [0.1, 0.15) is 18.1 Å². The van der Waals surface area contributed by atoms with Crippen LogP contribution in [0.15, 0.2) is 48.5 Å². The second-order valence-corrected chi connectivity index (χ2v) is 5.51. The maximum absolute atomic E-state index is 7.46. The van der Waals surface area contributed by atoms with E-state index in [4.69, 9.17) is 11.1 Å². The number of rotatable bonds is 2. The Morgan fingerprint density at radius 2 is 1.85 bits per heavy atom. The van der Waals surface area contributed by atoms with Gasteiger partial charge in [-0.1, -0.05) is 25.1 Å². The molecule has 1 aliphatic heterocycles. The Morgan fingerprint density at radius 3 is 2.55 bits per heavy atom. The molecule has 0 fully saturated rings. The third kappa shape index (κ3) is 2.27. The number of anilines is 2. The van der Waals surface area contributed by atoms with Crippen molar-refractivity contribution in [2.24, 2.45) is 11.7 Å². The topological polar surface area (TPSA) is 53.1 Å². The number of hydrogen-bond acceptors (Lipinski definition) is 2. The molecule has 0 radical (unpaired) electrons. The van der Waals surface area contributed by atoms with E-state index in [0.29, 0.717) is 5.92 Å². The van der Waals surface area contributed by atoms with Crippen LogP contribution in [0.3, 0.4) is 0 Å². The zero-order valence-electron chi connectivity index (χ0n) is 11.6. The molecule has 0 bridgehead atoms. The van der Waals surface area contributed by atoms with Crippen molar-refractivity contribution in [3.05, 3.63) is 59.7 Å². The van der Waals surface area contributed by atoms with Crippen molar-refractivity contribution in [3.8, 4) is 0 Å². The van der Waals surface area contributed by atoms with Crippen LogP contribution in [0.5, 0.6) is 0 Å². The molecule has 0 spiro atoms. The van der Waals surface area contributed by atoms with Crippen molar-refractivity contribution in [2.45, 2.75) is 13.3 Å². The Morgan fingerprint density at radius 1 is 1.15 bits per heavy atom. The molecule has 20 heavy (non-hydrogen) atoms. The summed E-state index contributed by atoms with van der Waals surface area (Å²) < 4.78 is 0. The minimum Gasteiger partial charge on any atom is -0.384 e. The molecular formula is C17H19N3. The Bertz CT molecular complexity index is 631. The average molecular weight is 265 g/mol. The third-order valence-corrected chi connectivity index (χ3v) is 3.84. The molecule has 0 aliphatic carbocycles. The predicted octanol–water partition coefficient (Wildman–Crippen LogP) is 3.30. The van der Waals surface area contributed by atoms with Crippen LogP contribution < -0.4 is 10.6 Å². The SMILES string of the molecule is CC1Cc2ccccc2N(c2ccc(C(=N)N)cc2)C1. The third-order valence-electron chi connectivity index (χ3n) is 3.84. The van der Waals surface area contributed by atoms with Gasteiger partial charge in [-0.15, -0.1) is 0 Å². The largest absolute Gasteiger partial charge is 0.384 e. The highest BCUT2D eigenvalue weighted by Gasteiger charge is 2.22. The number of nitrogens with zero attached hydrogens (tertiary/aromatic N) is 1. The van der Waals surface area contributed by atoms with Crippen molar-refractivity contribution in [3.63, 3.8) is 0 Å². The van der Waals surface area contributed by atoms with Gasteiger partial charge >= 0.3 is 0 Å². The summed E-state index contributed by atoms with van der Waals surface area (Å²) >= 11 is 0. The van der Waals surface area contributed by atoms with Gasteiger partial charge in [0, 0.05) is 23.5 Å². The van der Waals surface area contributed by atoms with Gasteiger partial charge in [0.25, 0.3) is 0 Å². The molecule has 0 aromatic heterocycles. The Balaban J connectivity index is 1.99. The smallest absolute Gasteiger partial charge is 0.122 e. The number of nitrogen functional groups attached to an aromatic ring is 1. The van der Waals surface area contributed by atoms with Crippen molar-refractivity contribution in [1.29, 1.82) is 5.41 Å². The summed E-state index contributed by atoms with van der Waals surface area (Å²) in [6.45, 7) is 3.31. The first-order chi connectivity index (χ1) is 9.65. The van der Waals surface area contributed by atoms with E-state index in [1.54, 1.807) is 0 Å². The predicted molar refractivity (Wildman–Crippen MR) is 83.8 cm³/mol. The van der Waals surface area contributed by atoms with Crippen LogP contribution in [-0.4, -0.2) is 12.4 Å². The van der Waals surface area contributed by atoms with Crippen LogP contribution in [0.4, 0.5) is 11.4 Å². The minimum absolute atomic E-state index is 0.115. The molecule has 1 atom stereocenters. The number of nitrogens with two attached hydrogens (primary N) is 1. The molecule has 2 aromatic carbocycles. The van der Waals surface area contributed by atoms with E-state index in [0.717, 1.165) is 24.2 Å². The second-order valence-electron chi connectivity index (χ2n) is 5.51. The maximum atomic E-state index is 7.46. The fourth-order valence-electron chi connectivity index (χ4n) is 2.86. The summed E-state index contributed by atoms with van der Waals surface area (Å²) in [6, 6.07) is 16.5. The van der Waals surface area contributed by atoms with E-state index >= 15 is 0 Å². The number of fused-ring (bicyclic) bond motifs is 1. The van der Waals surface area contributed by atoms with E-state index in [1.807, 2.05) is 24.3 Å². The fourth-order valence-corrected chi connectivity index (χ4v) is 2.86. The van der Waals surface area contributed by atoms with Gasteiger partial charge in [-0.3, -0.25) is 5.41 Å². The van der Waals surface area contributed by atoms with Gasteiger partial charge in [-0.25, -0.2) is 0 Å². The second kappa shape index (κ2) is 5.00. The van der Waals surface area contributed by atoms with E-state index in [2.05, 4.69) is 36.1 Å². The lowest BCUT2D eigenvalue weighted by Gasteiger charge is -2.35. The van der Waals surface area contributed by atoms with Crippen LogP contribution in [0.2, 0.25) is 0 Å². The minimum atomic E-state index is 0.115. The number of nitrogens with one attached hydrogen (secondary N) is 1. The maximum Gasteiger partial charge on any atom is 0.122 e. The summed E-state index contributed by atoms with van der Waals surface area (Å²) in [5.74, 6) is 0.751. The molecule has 0 saturated heterocycles. The Kier molecular flexibility index (Phi) is 3.18. The summed E-state index contributed by atoms with van der Waals surface area (Å²) in [6.07, 6.45) is 1.14. The van der Waals surface area contributed by atoms with E-state index in [9.17, 15) is 0 Å². The van der Waals surface area contributed by atoms with Gasteiger partial charge in [0.05, 0.1) is 0 Å². The molecule has 3 rings (SSSR count). The molecule has 0 amide bonds. The lowest BCUT2D eigenvalue weighted by Crippen LogP contribution is -2.30. The van der Waals surface area contributed by atoms with Crippen LogP contribution in [0, 0.1) is 11.3 Å². The van der Waals surface area contributed by atoms with Gasteiger partial charge in [-0.2, -0.15) is 0 Å². The van der Waals surface area contributed by atoms with Gasteiger partial charge in [0.15, 0.2) is 0 Å². The monoisotopic (exact) mass is 265 g/mol. The molecule has 102 valence electrons. The first-order valence-electron chi connectivity index (χ1n) is 6.95. The highest BCUT2D eigenvalue weighted by Crippen LogP contribution is 2.35. The number of para-hydroxylation sites is 1. The molecular weight excluding hydrogens is 246 g/mol. The van der Waals surface area contributed by atoms with E-state index < -0.39 is 0 Å². The normalized spacial score (nSPS) is 17.6. The lowest BCUT2D eigenvalue weighted by molar-refractivity contribution is 0.562. The zero-order chi connectivity index (χ0) is 14.1. The van der Waals surface area contributed by atoms with Crippen LogP contribution in [0.25, 0.3) is 0 Å². The number of amidine groups is 1. The van der Waals surface area contributed by atoms with Crippen LogP contribution in [-0.2, 0) is 6.42 Å². The first-order valence-corrected chi connectivity index (χ1v) is 6.95. The number of hydrogen-bond donors (Lipinski definition) is 2. The van der Waals surface area contributed by atoms with Crippen molar-refractivity contribution >= 4 is 17.2 Å². The lowest BCUT2D eigenvalue weighted by atomic mass is 9.93. The first kappa shape index (κ1) is 12.7. The van der Waals surface area contributed by atoms with Crippen LogP contribution >= 0.6 is 0 Å². The highest BCUT2D eigenvalue weighted by atomic mass is 15.1. The Hall–Kier alpha value is -2.29. The standard InChI is InChI=1S/C17H19N3/c1-12-10-14-4-2-3-5-16(14)20(11-12)15-8-6-13(7-9-15)17(18)19/h2-9,12H,10-11H2,1H3,(H3,18,19). The van der Waals surface area contributed by atoms with Gasteiger partial charge in [0.1, 0.15) is 5.84 Å². The van der Waals surface area contributed by atoms with E-state index in [1.165, 1.54) is 11.3 Å². The van der Waals surface area contributed by atoms with Gasteiger partial charge in [0.2, 0.25) is 0 Å². The van der Waals surface area contributed by atoms with Crippen molar-refractivity contribution in [1.82, 2.24) is 0 Å². The molecule has 3 heteroatoms. The van der Waals surface area contributed by atoms with Gasteiger partial charge < -0.3 is 10.6 Å². The quantitative estimate of drug-likeness (QED) is 0.646. The molecule has 3 nitrogen and oxygen atoms in total. The summed E-state index contributed by atoms with van der Waals surface area (Å²) in [5.41, 5.74) is 10.1. The molecule has 2 aromatic rings. The number of benzene rings is 2. The molecule has 3 N–H and O–H groups in total. The summed E-state index contributed by atoms with van der Waals surface area (Å²) in [5, 5.41) is 7.46. The van der Waals surface area contributed by atoms with Crippen molar-refractivity contribution < 1.29 is 0 Å². The molecule has 1 aliphatic rings. The zero-order valence-corrected chi connectivity index (χ0v) is 11.6. The molecule has 1 heterocycles. The molecule has 1 unspecified atom stereocenters. The van der Waals surface area contributed by atoms with Gasteiger partial charge in [-0.05, 0) is 48.2 Å². The Labute approximate surface area is 119 Å². The molecule has 0 saturated carbocycles. The van der Waals surface area contributed by atoms with Crippen molar-refractivity contribution in [2.75, 3.05) is 11.4 Å². The fraction of sp³-hybridized carbons (Fsp3) is 0.235. The summed E-state index contributed by atoms with van der Waals surface area (Å²) in [4.78, 5) is 2.35. The van der Waals surface area contributed by atoms with E-state index in [-0.39, 0.29) is 5.84 Å². The average Bonchev–Trinajstić information content (AvgIpc) is 2.46. The highest BCUT2D eigenvalue weighted by molar-refractivity contribution is 5.95.